The zero-order chi connectivity index (χ0) is 20.8. The Kier molecular flexibility index (Phi) is 5.62. The van der Waals surface area contributed by atoms with Crippen LogP contribution in [0.15, 0.2) is 41.3 Å². The van der Waals surface area contributed by atoms with Gasteiger partial charge in [-0.05, 0) is 74.8 Å². The predicted octanol–water partition coefficient (Wildman–Crippen LogP) is 5.90. The molecule has 3 nitrogen and oxygen atoms in total. The fourth-order valence-corrected chi connectivity index (χ4v) is 6.19. The van der Waals surface area contributed by atoms with Crippen molar-refractivity contribution >= 4 is 35.0 Å². The van der Waals surface area contributed by atoms with Crippen LogP contribution in [0.2, 0.25) is 5.02 Å². The van der Waals surface area contributed by atoms with E-state index in [1.54, 1.807) is 30.0 Å². The highest BCUT2D eigenvalue weighted by Crippen LogP contribution is 2.53. The second kappa shape index (κ2) is 7.89. The van der Waals surface area contributed by atoms with Gasteiger partial charge >= 0.3 is 0 Å². The van der Waals surface area contributed by atoms with Crippen molar-refractivity contribution in [3.8, 4) is 0 Å². The quantitative estimate of drug-likeness (QED) is 0.625. The summed E-state index contributed by atoms with van der Waals surface area (Å²) in [6.45, 7) is 1.95. The minimum Gasteiger partial charge on any atom is -0.390 e. The van der Waals surface area contributed by atoms with E-state index in [9.17, 15) is 18.7 Å². The highest BCUT2D eigenvalue weighted by molar-refractivity contribution is 8.00. The van der Waals surface area contributed by atoms with Gasteiger partial charge < -0.3 is 10.4 Å². The number of thioether (sulfide) groups is 1. The molecule has 4 atom stereocenters. The molecule has 1 amide bonds. The van der Waals surface area contributed by atoms with Crippen molar-refractivity contribution in [1.29, 1.82) is 0 Å². The summed E-state index contributed by atoms with van der Waals surface area (Å²) in [5.74, 6) is -1.79. The Bertz CT molecular complexity index is 936. The number of benzene rings is 2. The normalized spacial score (nSPS) is 28.4. The largest absolute Gasteiger partial charge is 0.390 e. The molecule has 154 valence electrons. The molecule has 3 unspecified atom stereocenters. The van der Waals surface area contributed by atoms with Crippen molar-refractivity contribution in [2.75, 3.05) is 5.32 Å². The SMILES string of the molecule is CC1(O)C2CC[C@H]1CC(Sc1cc(C(=O)Nc3ccc(F)c(F)c3)ccc1Cl)C2. The number of carbonyl (C=O) groups is 1. The van der Waals surface area contributed by atoms with Crippen LogP contribution in [-0.4, -0.2) is 21.9 Å². The van der Waals surface area contributed by atoms with Gasteiger partial charge in [0.1, 0.15) is 0 Å². The molecule has 2 aromatic rings. The number of aliphatic hydroxyl groups is 1. The summed E-state index contributed by atoms with van der Waals surface area (Å²) in [6.07, 6.45) is 3.96. The van der Waals surface area contributed by atoms with E-state index in [1.165, 1.54) is 6.07 Å². The third kappa shape index (κ3) is 4.16. The molecular weight excluding hydrogens is 416 g/mol. The number of fused-ring (bicyclic) bond motifs is 2. The van der Waals surface area contributed by atoms with Crippen molar-refractivity contribution in [2.45, 2.75) is 48.4 Å². The van der Waals surface area contributed by atoms with Crippen LogP contribution in [0.25, 0.3) is 0 Å². The van der Waals surface area contributed by atoms with Gasteiger partial charge in [0.15, 0.2) is 11.6 Å². The van der Waals surface area contributed by atoms with Crippen LogP contribution in [0, 0.1) is 23.5 Å². The highest BCUT2D eigenvalue weighted by Gasteiger charge is 2.50. The summed E-state index contributed by atoms with van der Waals surface area (Å²) < 4.78 is 26.4. The number of amides is 1. The van der Waals surface area contributed by atoms with Gasteiger partial charge in [-0.1, -0.05) is 11.6 Å². The summed E-state index contributed by atoms with van der Waals surface area (Å²) in [4.78, 5) is 13.4. The molecule has 2 aromatic carbocycles. The van der Waals surface area contributed by atoms with Gasteiger partial charge in [0.25, 0.3) is 5.91 Å². The van der Waals surface area contributed by atoms with E-state index in [-0.39, 0.29) is 5.69 Å². The number of carbonyl (C=O) groups excluding carboxylic acids is 1. The number of hydrogen-bond acceptors (Lipinski definition) is 3. The average molecular weight is 438 g/mol. The fourth-order valence-electron chi connectivity index (χ4n) is 4.55. The lowest BCUT2D eigenvalue weighted by molar-refractivity contribution is -0.0407. The van der Waals surface area contributed by atoms with Crippen molar-refractivity contribution in [1.82, 2.24) is 0 Å². The molecule has 2 bridgehead atoms. The smallest absolute Gasteiger partial charge is 0.255 e. The first-order valence-corrected chi connectivity index (χ1v) is 10.9. The maximum Gasteiger partial charge on any atom is 0.255 e. The minimum atomic E-state index is -1.02. The van der Waals surface area contributed by atoms with E-state index in [0.717, 1.165) is 42.7 Å². The highest BCUT2D eigenvalue weighted by atomic mass is 35.5. The van der Waals surface area contributed by atoms with E-state index < -0.39 is 23.1 Å². The number of rotatable bonds is 4. The lowest BCUT2D eigenvalue weighted by Crippen LogP contribution is -2.42. The maximum atomic E-state index is 13.4. The summed E-state index contributed by atoms with van der Waals surface area (Å²) in [6, 6.07) is 8.25. The Morgan fingerprint density at radius 1 is 1.14 bits per heavy atom. The molecule has 2 saturated carbocycles. The Hall–Kier alpha value is -1.63. The van der Waals surface area contributed by atoms with Crippen LogP contribution in [0.4, 0.5) is 14.5 Å². The third-order valence-corrected chi connectivity index (χ3v) is 8.03. The molecule has 7 heteroatoms. The summed E-state index contributed by atoms with van der Waals surface area (Å²) in [5.41, 5.74) is 0.00377. The van der Waals surface area contributed by atoms with Crippen LogP contribution in [0.5, 0.6) is 0 Å². The Balaban J connectivity index is 1.47. The monoisotopic (exact) mass is 437 g/mol. The zero-order valence-electron chi connectivity index (χ0n) is 15.9. The molecular formula is C22H22ClF2NO2S. The first kappa shape index (κ1) is 20.6. The second-order valence-electron chi connectivity index (χ2n) is 8.14. The second-order valence-corrected chi connectivity index (χ2v) is 9.89. The summed E-state index contributed by atoms with van der Waals surface area (Å²) >= 11 is 8.02. The van der Waals surface area contributed by atoms with E-state index >= 15 is 0 Å². The Labute approximate surface area is 177 Å². The minimum absolute atomic E-state index is 0.184. The van der Waals surface area contributed by atoms with Gasteiger partial charge in [-0.2, -0.15) is 0 Å². The van der Waals surface area contributed by atoms with E-state index in [1.807, 2.05) is 6.92 Å². The van der Waals surface area contributed by atoms with E-state index in [2.05, 4.69) is 5.32 Å². The van der Waals surface area contributed by atoms with Gasteiger partial charge in [-0.25, -0.2) is 8.78 Å². The molecule has 0 radical (unpaired) electrons. The maximum absolute atomic E-state index is 13.4. The molecule has 4 rings (SSSR count). The van der Waals surface area contributed by atoms with Crippen molar-refractivity contribution < 1.29 is 18.7 Å². The summed E-state index contributed by atoms with van der Waals surface area (Å²) in [7, 11) is 0. The van der Waals surface area contributed by atoms with Crippen LogP contribution in [-0.2, 0) is 0 Å². The summed E-state index contributed by atoms with van der Waals surface area (Å²) in [5, 5.41) is 14.2. The lowest BCUT2D eigenvalue weighted by atomic mass is 9.76. The Morgan fingerprint density at radius 2 is 1.83 bits per heavy atom. The van der Waals surface area contributed by atoms with Gasteiger partial charge in [0.2, 0.25) is 0 Å². The first-order valence-electron chi connectivity index (χ1n) is 9.69. The molecule has 0 heterocycles. The average Bonchev–Trinajstić information content (AvgIpc) is 2.84. The number of halogens is 3. The van der Waals surface area contributed by atoms with E-state index in [0.29, 0.717) is 27.7 Å². The third-order valence-electron chi connectivity index (χ3n) is 6.28. The predicted molar refractivity (Wildman–Crippen MR) is 111 cm³/mol. The topological polar surface area (TPSA) is 49.3 Å². The van der Waals surface area contributed by atoms with Crippen molar-refractivity contribution in [3.63, 3.8) is 0 Å². The van der Waals surface area contributed by atoms with Crippen LogP contribution >= 0.6 is 23.4 Å². The van der Waals surface area contributed by atoms with Gasteiger partial charge in [-0.3, -0.25) is 4.79 Å². The molecule has 0 saturated heterocycles. The lowest BCUT2D eigenvalue weighted by Gasteiger charge is -2.40. The number of anilines is 1. The van der Waals surface area contributed by atoms with Crippen LogP contribution < -0.4 is 5.32 Å². The van der Waals surface area contributed by atoms with Gasteiger partial charge in [-0.15, -0.1) is 11.8 Å². The standard InChI is InChI=1S/C22H22ClF2NO2S/c1-22(28)13-3-4-14(22)10-16(9-13)29-20-8-12(2-6-17(20)23)21(27)26-15-5-7-18(24)19(25)11-15/h2,5-8,11,13-14,16,28H,3-4,9-10H2,1H3,(H,26,27)/t13-,14?,16?,22?/m0/s1. The molecule has 2 fully saturated rings. The number of nitrogens with one attached hydrogen (secondary N) is 1. The molecule has 2 aliphatic carbocycles. The fraction of sp³-hybridized carbons (Fsp3) is 0.409. The van der Waals surface area contributed by atoms with Crippen molar-refractivity contribution in [2.24, 2.45) is 11.8 Å². The molecule has 0 spiro atoms. The molecule has 0 aromatic heterocycles. The molecule has 0 aliphatic heterocycles. The zero-order valence-corrected chi connectivity index (χ0v) is 17.5. The van der Waals surface area contributed by atoms with Gasteiger partial charge in [0.05, 0.1) is 10.6 Å². The number of hydrogen-bond donors (Lipinski definition) is 2. The Morgan fingerprint density at radius 3 is 2.48 bits per heavy atom. The molecule has 2 aliphatic rings. The molecule has 29 heavy (non-hydrogen) atoms. The van der Waals surface area contributed by atoms with Crippen LogP contribution in [0.3, 0.4) is 0 Å². The van der Waals surface area contributed by atoms with Crippen molar-refractivity contribution in [3.05, 3.63) is 58.6 Å². The first-order chi connectivity index (χ1) is 13.7. The molecule has 2 N–H and O–H groups in total. The van der Waals surface area contributed by atoms with E-state index in [4.69, 9.17) is 11.6 Å². The van der Waals surface area contributed by atoms with Crippen LogP contribution in [0.1, 0.15) is 43.0 Å². The van der Waals surface area contributed by atoms with Gasteiger partial charge in [0, 0.05) is 27.5 Å².